The van der Waals surface area contributed by atoms with Gasteiger partial charge < -0.3 is 15.2 Å². The highest BCUT2D eigenvalue weighted by Gasteiger charge is 2.05. The number of benzene rings is 2. The summed E-state index contributed by atoms with van der Waals surface area (Å²) in [4.78, 5) is 16.1. The van der Waals surface area contributed by atoms with Crippen molar-refractivity contribution in [2.24, 2.45) is 0 Å². The van der Waals surface area contributed by atoms with Gasteiger partial charge in [0, 0.05) is 43.3 Å². The van der Waals surface area contributed by atoms with E-state index in [0.29, 0.717) is 12.1 Å². The molecular formula is C19H20N4O. The van der Waals surface area contributed by atoms with Gasteiger partial charge in [-0.15, -0.1) is 0 Å². The lowest BCUT2D eigenvalue weighted by Crippen LogP contribution is -2.31. The molecule has 1 amide bonds. The zero-order valence-corrected chi connectivity index (χ0v) is 13.4. The van der Waals surface area contributed by atoms with Gasteiger partial charge in [-0.3, -0.25) is 4.79 Å². The SMILES string of the molecule is O=C(NCCNCc1ccccc1)c1ccc(-n2ccnc2)cc1. The maximum Gasteiger partial charge on any atom is 0.251 e. The van der Waals surface area contributed by atoms with E-state index in [1.165, 1.54) is 5.56 Å². The Kier molecular flexibility index (Phi) is 5.37. The van der Waals surface area contributed by atoms with Gasteiger partial charge in [0.05, 0.1) is 6.33 Å². The molecule has 0 saturated carbocycles. The van der Waals surface area contributed by atoms with Crippen molar-refractivity contribution in [3.63, 3.8) is 0 Å². The van der Waals surface area contributed by atoms with E-state index in [1.54, 1.807) is 12.5 Å². The molecule has 5 nitrogen and oxygen atoms in total. The number of hydrogen-bond donors (Lipinski definition) is 2. The Morgan fingerprint density at radius 2 is 1.79 bits per heavy atom. The maximum absolute atomic E-state index is 12.1. The van der Waals surface area contributed by atoms with E-state index < -0.39 is 0 Å². The smallest absolute Gasteiger partial charge is 0.251 e. The topological polar surface area (TPSA) is 59.0 Å². The van der Waals surface area contributed by atoms with Crippen molar-refractivity contribution >= 4 is 5.91 Å². The van der Waals surface area contributed by atoms with Gasteiger partial charge in [0.15, 0.2) is 0 Å². The molecule has 0 aliphatic rings. The number of amides is 1. The average molecular weight is 320 g/mol. The van der Waals surface area contributed by atoms with Crippen molar-refractivity contribution in [3.05, 3.63) is 84.4 Å². The third-order valence-corrected chi connectivity index (χ3v) is 3.69. The molecule has 0 atom stereocenters. The molecule has 0 spiro atoms. The van der Waals surface area contributed by atoms with Gasteiger partial charge in [-0.2, -0.15) is 0 Å². The molecule has 2 N–H and O–H groups in total. The van der Waals surface area contributed by atoms with Crippen LogP contribution in [0.2, 0.25) is 0 Å². The first kappa shape index (κ1) is 16.0. The Labute approximate surface area is 141 Å². The second kappa shape index (κ2) is 8.08. The number of hydrogen-bond acceptors (Lipinski definition) is 3. The molecule has 3 rings (SSSR count). The van der Waals surface area contributed by atoms with Gasteiger partial charge in [-0.25, -0.2) is 4.98 Å². The third-order valence-electron chi connectivity index (χ3n) is 3.69. The fraction of sp³-hybridized carbons (Fsp3) is 0.158. The van der Waals surface area contributed by atoms with E-state index in [1.807, 2.05) is 53.2 Å². The molecule has 5 heteroatoms. The molecule has 0 aliphatic heterocycles. The quantitative estimate of drug-likeness (QED) is 0.657. The minimum absolute atomic E-state index is 0.0614. The predicted octanol–water partition coefficient (Wildman–Crippen LogP) is 2.39. The van der Waals surface area contributed by atoms with Crippen molar-refractivity contribution < 1.29 is 4.79 Å². The fourth-order valence-electron chi connectivity index (χ4n) is 2.39. The van der Waals surface area contributed by atoms with Crippen LogP contribution in [-0.4, -0.2) is 28.5 Å². The highest BCUT2D eigenvalue weighted by atomic mass is 16.1. The second-order valence-electron chi connectivity index (χ2n) is 5.44. The molecule has 0 unspecified atom stereocenters. The largest absolute Gasteiger partial charge is 0.351 e. The van der Waals surface area contributed by atoms with Crippen LogP contribution in [0.5, 0.6) is 0 Å². The fourth-order valence-corrected chi connectivity index (χ4v) is 2.39. The lowest BCUT2D eigenvalue weighted by molar-refractivity contribution is 0.0954. The predicted molar refractivity (Wildman–Crippen MR) is 94.0 cm³/mol. The molecule has 0 fully saturated rings. The third kappa shape index (κ3) is 4.30. The van der Waals surface area contributed by atoms with Gasteiger partial charge >= 0.3 is 0 Å². The molecule has 0 saturated heterocycles. The highest BCUT2D eigenvalue weighted by molar-refractivity contribution is 5.94. The van der Waals surface area contributed by atoms with Crippen LogP contribution in [0.1, 0.15) is 15.9 Å². The summed E-state index contributed by atoms with van der Waals surface area (Å²) in [7, 11) is 0. The van der Waals surface area contributed by atoms with Crippen molar-refractivity contribution in [2.75, 3.05) is 13.1 Å². The first-order valence-electron chi connectivity index (χ1n) is 7.94. The number of carbonyl (C=O) groups excluding carboxylic acids is 1. The molecule has 1 heterocycles. The molecule has 1 aromatic heterocycles. The van der Waals surface area contributed by atoms with Gasteiger partial charge in [-0.05, 0) is 29.8 Å². The van der Waals surface area contributed by atoms with Gasteiger partial charge in [0.1, 0.15) is 0 Å². The summed E-state index contributed by atoms with van der Waals surface area (Å²) in [5, 5.41) is 6.23. The number of imidazole rings is 1. The summed E-state index contributed by atoms with van der Waals surface area (Å²) >= 11 is 0. The van der Waals surface area contributed by atoms with E-state index in [0.717, 1.165) is 18.8 Å². The van der Waals surface area contributed by atoms with Crippen LogP contribution in [0.15, 0.2) is 73.3 Å². The Bertz CT molecular complexity index is 752. The Morgan fingerprint density at radius 1 is 1.00 bits per heavy atom. The summed E-state index contributed by atoms with van der Waals surface area (Å²) in [5.74, 6) is -0.0614. The van der Waals surface area contributed by atoms with Crippen LogP contribution in [0.4, 0.5) is 0 Å². The zero-order chi connectivity index (χ0) is 16.6. The summed E-state index contributed by atoms with van der Waals surface area (Å²) in [6.07, 6.45) is 5.32. The number of nitrogens with zero attached hydrogens (tertiary/aromatic N) is 2. The molecule has 122 valence electrons. The number of aromatic nitrogens is 2. The van der Waals surface area contributed by atoms with Crippen LogP contribution < -0.4 is 10.6 Å². The van der Waals surface area contributed by atoms with E-state index in [4.69, 9.17) is 0 Å². The molecule has 2 aromatic carbocycles. The van der Waals surface area contributed by atoms with Crippen LogP contribution in [0.3, 0.4) is 0 Å². The van der Waals surface area contributed by atoms with Crippen molar-refractivity contribution in [2.45, 2.75) is 6.54 Å². The average Bonchev–Trinajstić information content (AvgIpc) is 3.17. The number of carbonyl (C=O) groups is 1. The van der Waals surface area contributed by atoms with Crippen molar-refractivity contribution in [1.29, 1.82) is 0 Å². The van der Waals surface area contributed by atoms with E-state index in [-0.39, 0.29) is 5.91 Å². The molecule has 0 radical (unpaired) electrons. The standard InChI is InChI=1S/C19H20N4O/c24-19(22-11-10-20-14-16-4-2-1-3-5-16)17-6-8-18(9-7-17)23-13-12-21-15-23/h1-9,12-13,15,20H,10-11,14H2,(H,22,24). The first-order valence-corrected chi connectivity index (χ1v) is 7.94. The molecule has 0 aliphatic carbocycles. The monoisotopic (exact) mass is 320 g/mol. The first-order chi connectivity index (χ1) is 11.8. The summed E-state index contributed by atoms with van der Waals surface area (Å²) < 4.78 is 1.90. The lowest BCUT2D eigenvalue weighted by atomic mass is 10.2. The van der Waals surface area contributed by atoms with Crippen molar-refractivity contribution in [1.82, 2.24) is 20.2 Å². The molecule has 0 bridgehead atoms. The number of rotatable bonds is 7. The Balaban J connectivity index is 1.42. The lowest BCUT2D eigenvalue weighted by Gasteiger charge is -2.08. The van der Waals surface area contributed by atoms with Crippen LogP contribution >= 0.6 is 0 Å². The van der Waals surface area contributed by atoms with Gasteiger partial charge in [0.2, 0.25) is 0 Å². The molecular weight excluding hydrogens is 300 g/mol. The normalized spacial score (nSPS) is 10.5. The van der Waals surface area contributed by atoms with E-state index in [9.17, 15) is 4.79 Å². The summed E-state index contributed by atoms with van der Waals surface area (Å²) in [6, 6.07) is 17.7. The zero-order valence-electron chi connectivity index (χ0n) is 13.4. The van der Waals surface area contributed by atoms with Crippen LogP contribution in [0, 0.1) is 0 Å². The Morgan fingerprint density at radius 3 is 2.50 bits per heavy atom. The highest BCUT2D eigenvalue weighted by Crippen LogP contribution is 2.09. The Hall–Kier alpha value is -2.92. The van der Waals surface area contributed by atoms with Gasteiger partial charge in [-0.1, -0.05) is 30.3 Å². The van der Waals surface area contributed by atoms with E-state index in [2.05, 4.69) is 27.8 Å². The minimum atomic E-state index is -0.0614. The molecule has 3 aromatic rings. The molecule has 24 heavy (non-hydrogen) atoms. The second-order valence-corrected chi connectivity index (χ2v) is 5.44. The maximum atomic E-state index is 12.1. The minimum Gasteiger partial charge on any atom is -0.351 e. The van der Waals surface area contributed by atoms with E-state index >= 15 is 0 Å². The van der Waals surface area contributed by atoms with Crippen LogP contribution in [0.25, 0.3) is 5.69 Å². The van der Waals surface area contributed by atoms with Gasteiger partial charge in [0.25, 0.3) is 5.91 Å². The summed E-state index contributed by atoms with van der Waals surface area (Å²) in [5.41, 5.74) is 2.87. The van der Waals surface area contributed by atoms with Crippen molar-refractivity contribution in [3.8, 4) is 5.69 Å². The van der Waals surface area contributed by atoms with Crippen LogP contribution in [-0.2, 0) is 6.54 Å². The number of nitrogens with one attached hydrogen (secondary N) is 2. The summed E-state index contributed by atoms with van der Waals surface area (Å²) in [6.45, 7) is 2.12.